The molecule has 0 spiro atoms. The van der Waals surface area contributed by atoms with Crippen LogP contribution in [-0.4, -0.2) is 21.7 Å². The number of aromatic nitrogens is 2. The molecule has 0 saturated heterocycles. The molecule has 0 aliphatic heterocycles. The molecule has 0 radical (unpaired) electrons. The molecule has 0 fully saturated rings. The Labute approximate surface area is 159 Å². The molecule has 0 aromatic carbocycles. The number of rotatable bonds is 7. The SMILES string of the molecule is CCCn1c(C=O)cc2sc(-c3cc4c(cc(C=O)n4CCC)s3)cc21. The summed E-state index contributed by atoms with van der Waals surface area (Å²) in [5.74, 6) is 0. The fraction of sp³-hybridized carbons (Fsp3) is 0.300. The first-order valence-corrected chi connectivity index (χ1v) is 10.5. The molecule has 4 aromatic rings. The van der Waals surface area contributed by atoms with Gasteiger partial charge in [0.1, 0.15) is 0 Å². The van der Waals surface area contributed by atoms with Gasteiger partial charge in [0.15, 0.2) is 12.6 Å². The quantitative estimate of drug-likeness (QED) is 0.376. The van der Waals surface area contributed by atoms with Gasteiger partial charge in [-0.25, -0.2) is 0 Å². The Morgan fingerprint density at radius 3 is 1.54 bits per heavy atom. The largest absolute Gasteiger partial charge is 0.338 e. The number of hydrogen-bond acceptors (Lipinski definition) is 4. The number of aldehydes is 2. The van der Waals surface area contributed by atoms with E-state index in [1.807, 2.05) is 12.1 Å². The molecular formula is C20H20N2O2S2. The number of thiophene rings is 2. The van der Waals surface area contributed by atoms with E-state index in [0.29, 0.717) is 0 Å². The minimum atomic E-state index is 0.751. The Kier molecular flexibility index (Phi) is 4.54. The summed E-state index contributed by atoms with van der Waals surface area (Å²) in [5, 5.41) is 0. The maximum Gasteiger partial charge on any atom is 0.166 e. The van der Waals surface area contributed by atoms with E-state index < -0.39 is 0 Å². The van der Waals surface area contributed by atoms with Crippen LogP contribution in [0.1, 0.15) is 47.7 Å². The van der Waals surface area contributed by atoms with Crippen molar-refractivity contribution in [3.8, 4) is 9.75 Å². The lowest BCUT2D eigenvalue weighted by Crippen LogP contribution is -2.00. The molecule has 26 heavy (non-hydrogen) atoms. The minimum Gasteiger partial charge on any atom is -0.338 e. The average Bonchev–Trinajstić information content (AvgIpc) is 3.35. The van der Waals surface area contributed by atoms with Gasteiger partial charge in [-0.15, -0.1) is 22.7 Å². The van der Waals surface area contributed by atoms with E-state index in [1.165, 1.54) is 9.75 Å². The zero-order valence-corrected chi connectivity index (χ0v) is 16.5. The topological polar surface area (TPSA) is 44.0 Å². The Bertz CT molecular complexity index is 1020. The fourth-order valence-electron chi connectivity index (χ4n) is 3.51. The van der Waals surface area contributed by atoms with E-state index in [2.05, 4.69) is 35.1 Å². The van der Waals surface area contributed by atoms with Gasteiger partial charge in [-0.3, -0.25) is 9.59 Å². The molecule has 0 amide bonds. The van der Waals surface area contributed by atoms with Crippen LogP contribution in [0.25, 0.3) is 30.2 Å². The second-order valence-electron chi connectivity index (χ2n) is 6.40. The number of carbonyl (C=O) groups excluding carboxylic acids is 2. The number of carbonyl (C=O) groups is 2. The summed E-state index contributed by atoms with van der Waals surface area (Å²) in [7, 11) is 0. The van der Waals surface area contributed by atoms with E-state index in [4.69, 9.17) is 0 Å². The van der Waals surface area contributed by atoms with Crippen molar-refractivity contribution in [1.29, 1.82) is 0 Å². The van der Waals surface area contributed by atoms with Crippen molar-refractivity contribution in [1.82, 2.24) is 9.13 Å². The van der Waals surface area contributed by atoms with Crippen LogP contribution < -0.4 is 0 Å². The van der Waals surface area contributed by atoms with Crippen LogP contribution in [0, 0.1) is 0 Å². The van der Waals surface area contributed by atoms with E-state index in [0.717, 1.165) is 70.3 Å². The second-order valence-corrected chi connectivity index (χ2v) is 8.57. The number of aryl methyl sites for hydroxylation is 2. The molecule has 4 nitrogen and oxygen atoms in total. The van der Waals surface area contributed by atoms with Crippen LogP contribution in [0.5, 0.6) is 0 Å². The normalized spacial score (nSPS) is 11.6. The average molecular weight is 385 g/mol. The summed E-state index contributed by atoms with van der Waals surface area (Å²) in [6.45, 7) is 5.95. The summed E-state index contributed by atoms with van der Waals surface area (Å²) in [6.07, 6.45) is 3.87. The molecule has 0 saturated carbocycles. The lowest BCUT2D eigenvalue weighted by Gasteiger charge is -2.04. The lowest BCUT2D eigenvalue weighted by atomic mass is 10.3. The number of hydrogen-bond donors (Lipinski definition) is 0. The van der Waals surface area contributed by atoms with E-state index in [1.54, 1.807) is 22.7 Å². The van der Waals surface area contributed by atoms with Gasteiger partial charge < -0.3 is 9.13 Å². The molecule has 0 bridgehead atoms. The Morgan fingerprint density at radius 2 is 1.19 bits per heavy atom. The van der Waals surface area contributed by atoms with Crippen molar-refractivity contribution < 1.29 is 9.59 Å². The molecule has 134 valence electrons. The molecule has 6 heteroatoms. The predicted molar refractivity (Wildman–Crippen MR) is 110 cm³/mol. The van der Waals surface area contributed by atoms with Crippen LogP contribution in [0.2, 0.25) is 0 Å². The van der Waals surface area contributed by atoms with Gasteiger partial charge >= 0.3 is 0 Å². The maximum absolute atomic E-state index is 11.3. The van der Waals surface area contributed by atoms with Gasteiger partial charge in [-0.05, 0) is 37.1 Å². The number of nitrogens with zero attached hydrogens (tertiary/aromatic N) is 2. The molecule has 0 unspecified atom stereocenters. The van der Waals surface area contributed by atoms with Crippen molar-refractivity contribution in [2.24, 2.45) is 0 Å². The maximum atomic E-state index is 11.3. The number of fused-ring (bicyclic) bond motifs is 2. The van der Waals surface area contributed by atoms with Crippen molar-refractivity contribution in [3.05, 3.63) is 35.7 Å². The zero-order valence-electron chi connectivity index (χ0n) is 14.8. The molecule has 4 aromatic heterocycles. The van der Waals surface area contributed by atoms with Crippen LogP contribution in [0.15, 0.2) is 24.3 Å². The third-order valence-corrected chi connectivity index (χ3v) is 6.96. The Hall–Kier alpha value is -2.18. The Balaban J connectivity index is 1.82. The standard InChI is InChI=1S/C20H20N2O2S2/c1-3-5-21-13(11-23)7-17-15(21)9-19(25-17)20-10-16-18(26-20)8-14(12-24)22(16)6-4-2/h7-12H,3-6H2,1-2H3. The summed E-state index contributed by atoms with van der Waals surface area (Å²) >= 11 is 3.45. The highest BCUT2D eigenvalue weighted by molar-refractivity contribution is 7.28. The van der Waals surface area contributed by atoms with Gasteiger partial charge in [0, 0.05) is 22.8 Å². The highest BCUT2D eigenvalue weighted by Gasteiger charge is 2.16. The van der Waals surface area contributed by atoms with Gasteiger partial charge in [0.05, 0.1) is 31.8 Å². The van der Waals surface area contributed by atoms with E-state index in [9.17, 15) is 9.59 Å². The third-order valence-electron chi connectivity index (χ3n) is 4.62. The van der Waals surface area contributed by atoms with E-state index >= 15 is 0 Å². The smallest absolute Gasteiger partial charge is 0.166 e. The van der Waals surface area contributed by atoms with Crippen LogP contribution in [0.3, 0.4) is 0 Å². The van der Waals surface area contributed by atoms with Crippen LogP contribution in [-0.2, 0) is 13.1 Å². The predicted octanol–water partition coefficient (Wildman–Crippen LogP) is 5.83. The first-order chi connectivity index (χ1) is 12.7. The molecule has 0 atom stereocenters. The summed E-state index contributed by atoms with van der Waals surface area (Å²) < 4.78 is 6.52. The highest BCUT2D eigenvalue weighted by Crippen LogP contribution is 2.41. The molecular weight excluding hydrogens is 364 g/mol. The van der Waals surface area contributed by atoms with Gasteiger partial charge in [0.25, 0.3) is 0 Å². The molecule has 4 rings (SSSR count). The van der Waals surface area contributed by atoms with Crippen molar-refractivity contribution in [2.75, 3.05) is 0 Å². The summed E-state index contributed by atoms with van der Waals surface area (Å²) in [5.41, 5.74) is 3.77. The summed E-state index contributed by atoms with van der Waals surface area (Å²) in [6, 6.07) is 8.36. The van der Waals surface area contributed by atoms with Crippen molar-refractivity contribution in [2.45, 2.75) is 39.8 Å². The fourth-order valence-corrected chi connectivity index (χ4v) is 5.80. The van der Waals surface area contributed by atoms with Gasteiger partial charge in [0.2, 0.25) is 0 Å². The molecule has 0 aliphatic carbocycles. The molecule has 0 N–H and O–H groups in total. The first-order valence-electron chi connectivity index (χ1n) is 8.87. The first kappa shape index (κ1) is 17.2. The minimum absolute atomic E-state index is 0.751. The van der Waals surface area contributed by atoms with Crippen LogP contribution in [0.4, 0.5) is 0 Å². The molecule has 4 heterocycles. The van der Waals surface area contributed by atoms with Crippen molar-refractivity contribution in [3.63, 3.8) is 0 Å². The second kappa shape index (κ2) is 6.85. The highest BCUT2D eigenvalue weighted by atomic mass is 32.1. The molecule has 0 aliphatic rings. The summed E-state index contributed by atoms with van der Waals surface area (Å²) in [4.78, 5) is 25.1. The zero-order chi connectivity index (χ0) is 18.3. The Morgan fingerprint density at radius 1 is 0.769 bits per heavy atom. The lowest BCUT2D eigenvalue weighted by molar-refractivity contribution is 0.110. The van der Waals surface area contributed by atoms with Gasteiger partial charge in [-0.1, -0.05) is 13.8 Å². The third kappa shape index (κ3) is 2.64. The van der Waals surface area contributed by atoms with Crippen molar-refractivity contribution >= 4 is 55.7 Å². The van der Waals surface area contributed by atoms with E-state index in [-0.39, 0.29) is 0 Å². The van der Waals surface area contributed by atoms with Crippen LogP contribution >= 0.6 is 22.7 Å². The monoisotopic (exact) mass is 384 g/mol. The van der Waals surface area contributed by atoms with Gasteiger partial charge in [-0.2, -0.15) is 0 Å².